The molecule has 0 radical (unpaired) electrons. The molecular weight excluding hydrogens is 690 g/mol. The number of ketones is 1. The molecule has 0 saturated carbocycles. The van der Waals surface area contributed by atoms with Crippen LogP contribution < -0.4 is 18.9 Å². The molecule has 3 aliphatic rings. The Morgan fingerprint density at radius 1 is 0.679 bits per heavy atom. The zero-order valence-electron chi connectivity index (χ0n) is 29.5. The normalized spacial score (nSPS) is 17.2. The van der Waals surface area contributed by atoms with Crippen LogP contribution in [-0.2, 0) is 50.1 Å². The van der Waals surface area contributed by atoms with Gasteiger partial charge in [-0.25, -0.2) is 0 Å². The first-order valence-electron chi connectivity index (χ1n) is 16.3. The summed E-state index contributed by atoms with van der Waals surface area (Å²) in [6.07, 6.45) is 2.95. The molecule has 0 bridgehead atoms. The van der Waals surface area contributed by atoms with Gasteiger partial charge in [-0.05, 0) is 30.7 Å². The summed E-state index contributed by atoms with van der Waals surface area (Å²) in [5.74, 6) is -4.83. The summed E-state index contributed by atoms with van der Waals surface area (Å²) >= 11 is 0. The maximum Gasteiger partial charge on any atom is 0.308 e. The third kappa shape index (κ3) is 5.48. The number of esters is 5. The molecule has 2 N–H and O–H groups in total. The third-order valence-electron chi connectivity index (χ3n) is 9.05. The Morgan fingerprint density at radius 3 is 1.68 bits per heavy atom. The van der Waals surface area contributed by atoms with E-state index >= 15 is 0 Å². The van der Waals surface area contributed by atoms with Gasteiger partial charge in [0.1, 0.15) is 0 Å². The second kappa shape index (κ2) is 12.2. The number of aromatic nitrogens is 2. The first kappa shape index (κ1) is 34.7. The Kier molecular flexibility index (Phi) is 7.97. The molecule has 0 saturated heterocycles. The quantitative estimate of drug-likeness (QED) is 0.207. The van der Waals surface area contributed by atoms with Crippen LogP contribution in [0.5, 0.6) is 23.0 Å². The second-order valence-electron chi connectivity index (χ2n) is 12.8. The van der Waals surface area contributed by atoms with Crippen molar-refractivity contribution < 1.29 is 57.2 Å². The predicted molar refractivity (Wildman–Crippen MR) is 184 cm³/mol. The molecule has 1 amide bonds. The number of carbonyl (C=O) groups is 7. The highest BCUT2D eigenvalue weighted by Crippen LogP contribution is 2.63. The van der Waals surface area contributed by atoms with Crippen LogP contribution in [0.1, 0.15) is 64.1 Å². The van der Waals surface area contributed by atoms with E-state index in [1.165, 1.54) is 75.9 Å². The highest BCUT2D eigenvalue weighted by Gasteiger charge is 2.58. The minimum Gasteiger partial charge on any atom is -0.423 e. The van der Waals surface area contributed by atoms with Crippen molar-refractivity contribution in [3.63, 3.8) is 0 Å². The highest BCUT2D eigenvalue weighted by molar-refractivity contribution is 6.12. The van der Waals surface area contributed by atoms with Crippen LogP contribution in [0.4, 0.5) is 0 Å². The van der Waals surface area contributed by atoms with Crippen molar-refractivity contribution in [1.29, 1.82) is 0 Å². The van der Waals surface area contributed by atoms with Gasteiger partial charge in [-0.3, -0.25) is 38.5 Å². The maximum absolute atomic E-state index is 13.9. The van der Waals surface area contributed by atoms with E-state index in [1.54, 1.807) is 6.92 Å². The Hall–Kier alpha value is -6.77. The van der Waals surface area contributed by atoms with Crippen molar-refractivity contribution in [1.82, 2.24) is 14.9 Å². The zero-order chi connectivity index (χ0) is 38.3. The summed E-state index contributed by atoms with van der Waals surface area (Å²) in [7, 11) is 0. The van der Waals surface area contributed by atoms with Gasteiger partial charge in [0.05, 0.1) is 16.6 Å². The predicted octanol–water partition coefficient (Wildman–Crippen LogP) is 4.64. The first-order chi connectivity index (χ1) is 25.0. The lowest BCUT2D eigenvalue weighted by Crippen LogP contribution is -2.35. The lowest BCUT2D eigenvalue weighted by molar-refractivity contribution is -0.139. The molecule has 3 heterocycles. The van der Waals surface area contributed by atoms with Crippen molar-refractivity contribution in [2.45, 2.75) is 60.3 Å². The summed E-state index contributed by atoms with van der Waals surface area (Å²) in [4.78, 5) is 96.0. The molecule has 15 nitrogen and oxygen atoms in total. The second-order valence-corrected chi connectivity index (χ2v) is 12.8. The zero-order valence-corrected chi connectivity index (χ0v) is 29.5. The number of nitrogens with one attached hydrogen (secondary N) is 2. The van der Waals surface area contributed by atoms with Gasteiger partial charge < -0.3 is 33.7 Å². The average Bonchev–Trinajstić information content (AvgIpc) is 3.70. The summed E-state index contributed by atoms with van der Waals surface area (Å²) in [6, 6.07) is 6.08. The molecule has 4 aromatic rings. The lowest BCUT2D eigenvalue weighted by atomic mass is 9.73. The van der Waals surface area contributed by atoms with Crippen LogP contribution >= 0.6 is 0 Å². The number of aryl methyl sites for hydroxylation is 1. The van der Waals surface area contributed by atoms with Crippen molar-refractivity contribution in [3.8, 4) is 23.0 Å². The monoisotopic (exact) mass is 721 g/mol. The number of rotatable bonds is 6. The molecule has 2 aromatic heterocycles. The Labute approximate surface area is 300 Å². The number of benzene rings is 2. The summed E-state index contributed by atoms with van der Waals surface area (Å²) in [6.45, 7) is 9.10. The number of fused-ring (bicyclic) bond motifs is 4. The van der Waals surface area contributed by atoms with Crippen molar-refractivity contribution in [2.24, 2.45) is 0 Å². The van der Waals surface area contributed by atoms with Gasteiger partial charge in [0.25, 0.3) is 0 Å². The minimum absolute atomic E-state index is 0.00748. The average molecular weight is 722 g/mol. The molecule has 2 aliphatic carbocycles. The molecule has 7 rings (SSSR count). The number of ether oxygens (including phenoxy) is 5. The van der Waals surface area contributed by atoms with Gasteiger partial charge in [-0.2, -0.15) is 0 Å². The molecule has 1 aliphatic heterocycles. The summed E-state index contributed by atoms with van der Waals surface area (Å²) < 4.78 is 27.1. The van der Waals surface area contributed by atoms with Crippen LogP contribution in [-0.4, -0.2) is 56.4 Å². The number of carbonyl (C=O) groups excluding carboxylic acids is 7. The SMILES string of the molecule is CC(=O)OC1=CC23C(=CC1=O)N(C(C)=O)C(c1c(C)[nH]c4cc(OC(C)=O)c(OC(C)=O)cc14)=C2Cc1[nH]c2cc(OC(C)=O)c(OC(C)=O)cc2c13. The molecule has 2 aromatic carbocycles. The summed E-state index contributed by atoms with van der Waals surface area (Å²) in [5, 5.41) is 1.00. The fourth-order valence-corrected chi connectivity index (χ4v) is 7.57. The van der Waals surface area contributed by atoms with Gasteiger partial charge in [0, 0.05) is 111 Å². The van der Waals surface area contributed by atoms with E-state index in [-0.39, 0.29) is 40.9 Å². The fourth-order valence-electron chi connectivity index (χ4n) is 7.57. The summed E-state index contributed by atoms with van der Waals surface area (Å²) in [5.41, 5.74) is 3.18. The number of aromatic amines is 2. The van der Waals surface area contributed by atoms with Gasteiger partial charge in [0.2, 0.25) is 11.7 Å². The van der Waals surface area contributed by atoms with Crippen LogP contribution in [0.2, 0.25) is 0 Å². The van der Waals surface area contributed by atoms with E-state index < -0.39 is 47.0 Å². The molecule has 1 atom stereocenters. The Bertz CT molecular complexity index is 2530. The number of hydrogen-bond donors (Lipinski definition) is 2. The van der Waals surface area contributed by atoms with E-state index in [4.69, 9.17) is 23.7 Å². The van der Waals surface area contributed by atoms with E-state index in [0.717, 1.165) is 6.92 Å². The molecule has 270 valence electrons. The number of hydrogen-bond acceptors (Lipinski definition) is 12. The van der Waals surface area contributed by atoms with E-state index in [9.17, 15) is 33.6 Å². The Balaban J connectivity index is 1.58. The highest BCUT2D eigenvalue weighted by atomic mass is 16.6. The van der Waals surface area contributed by atoms with Crippen molar-refractivity contribution in [2.75, 3.05) is 0 Å². The topological polar surface area (TPSA) is 200 Å². The molecular formula is C38H31N3O12. The molecule has 1 spiro atoms. The lowest BCUT2D eigenvalue weighted by Gasteiger charge is -2.32. The van der Waals surface area contributed by atoms with Crippen LogP contribution in [0.15, 0.2) is 53.4 Å². The molecule has 1 unspecified atom stereocenters. The molecule has 15 heteroatoms. The van der Waals surface area contributed by atoms with E-state index in [0.29, 0.717) is 55.6 Å². The van der Waals surface area contributed by atoms with Gasteiger partial charge in [-0.1, -0.05) is 0 Å². The number of allylic oxidation sites excluding steroid dienone is 2. The number of H-pyrrole nitrogens is 2. The van der Waals surface area contributed by atoms with Crippen molar-refractivity contribution >= 4 is 69.0 Å². The van der Waals surface area contributed by atoms with Crippen LogP contribution in [0.3, 0.4) is 0 Å². The molecule has 53 heavy (non-hydrogen) atoms. The minimum atomic E-state index is -1.39. The van der Waals surface area contributed by atoms with E-state index in [2.05, 4.69) is 9.97 Å². The van der Waals surface area contributed by atoms with Gasteiger partial charge >= 0.3 is 29.8 Å². The third-order valence-corrected chi connectivity index (χ3v) is 9.05. The number of amides is 1. The fraction of sp³-hybridized carbons (Fsp3) is 0.237. The Morgan fingerprint density at radius 2 is 1.17 bits per heavy atom. The van der Waals surface area contributed by atoms with Gasteiger partial charge in [-0.15, -0.1) is 0 Å². The molecule has 0 fully saturated rings. The number of nitrogens with zero attached hydrogens (tertiary/aromatic N) is 1. The smallest absolute Gasteiger partial charge is 0.308 e. The van der Waals surface area contributed by atoms with Gasteiger partial charge in [0.15, 0.2) is 28.8 Å². The first-order valence-corrected chi connectivity index (χ1v) is 16.3. The van der Waals surface area contributed by atoms with E-state index in [1.807, 2.05) is 0 Å². The van der Waals surface area contributed by atoms with Crippen LogP contribution in [0, 0.1) is 6.92 Å². The van der Waals surface area contributed by atoms with Crippen molar-refractivity contribution in [3.05, 3.63) is 76.0 Å². The maximum atomic E-state index is 13.9. The van der Waals surface area contributed by atoms with Crippen LogP contribution in [0.25, 0.3) is 27.5 Å². The standard InChI is InChI=1S/C38H31N3O12/c1-15-35(22-8-29(49-17(3)43)31(51-19(5)45)11-25(22)39-15)37-24-10-27-36(23-9-30(50-18(4)44)32(52-20(6)46)12-26(23)40-27)38(24)14-33(53-21(7)47)28(48)13-34(38)41(37)16(2)42/h8-9,11-14,39-40H,10H2,1-7H3. The largest absolute Gasteiger partial charge is 0.423 e.